The van der Waals surface area contributed by atoms with Crippen LogP contribution in [-0.4, -0.2) is 49.0 Å². The van der Waals surface area contributed by atoms with Gasteiger partial charge in [0.05, 0.1) is 16.7 Å². The van der Waals surface area contributed by atoms with Crippen LogP contribution >= 0.6 is 0 Å². The number of fused-ring (bicyclic) bond motifs is 1. The third-order valence-electron chi connectivity index (χ3n) is 7.20. The van der Waals surface area contributed by atoms with Crippen LogP contribution in [0.1, 0.15) is 37.7 Å². The molecule has 8 nitrogen and oxygen atoms in total. The highest BCUT2D eigenvalue weighted by Crippen LogP contribution is 2.56. The van der Waals surface area contributed by atoms with Crippen molar-refractivity contribution in [2.75, 3.05) is 6.54 Å². The molecule has 0 spiro atoms. The highest BCUT2D eigenvalue weighted by Gasteiger charge is 2.60. The number of pyridine rings is 1. The molecule has 0 radical (unpaired) electrons. The summed E-state index contributed by atoms with van der Waals surface area (Å²) in [7, 11) is -3.67. The molecule has 0 bridgehead atoms. The Morgan fingerprint density at radius 3 is 2.82 bits per heavy atom. The van der Waals surface area contributed by atoms with E-state index in [0.717, 1.165) is 16.3 Å². The molecular formula is C25H29N3O5S. The molecule has 1 aliphatic heterocycles. The minimum Gasteiger partial charge on any atom is -0.472 e. The number of ketones is 1. The number of sulfonamides is 1. The normalized spacial score (nSPS) is 28.4. The van der Waals surface area contributed by atoms with Crippen LogP contribution in [0, 0.1) is 18.3 Å². The molecule has 4 atom stereocenters. The van der Waals surface area contributed by atoms with Gasteiger partial charge in [0.25, 0.3) is 0 Å². The monoisotopic (exact) mass is 483 g/mol. The van der Waals surface area contributed by atoms with Crippen LogP contribution in [0.4, 0.5) is 0 Å². The van der Waals surface area contributed by atoms with Crippen LogP contribution < -0.4 is 14.8 Å². The van der Waals surface area contributed by atoms with Crippen LogP contribution in [0.25, 0.3) is 10.8 Å². The molecule has 2 saturated carbocycles. The fourth-order valence-corrected chi connectivity index (χ4v) is 6.26. The molecule has 2 N–H and O–H groups in total. The molecule has 180 valence electrons. The fraction of sp³-hybridized carbons (Fsp3) is 0.480. The van der Waals surface area contributed by atoms with Crippen molar-refractivity contribution in [3.05, 3.63) is 48.7 Å². The van der Waals surface area contributed by atoms with Gasteiger partial charge in [0.1, 0.15) is 6.10 Å². The number of ether oxygens (including phenoxy) is 1. The Morgan fingerprint density at radius 1 is 1.32 bits per heavy atom. The van der Waals surface area contributed by atoms with E-state index in [-0.39, 0.29) is 24.2 Å². The van der Waals surface area contributed by atoms with Gasteiger partial charge in [-0.05, 0) is 49.6 Å². The second kappa shape index (κ2) is 8.46. The lowest BCUT2D eigenvalue weighted by Gasteiger charge is -2.18. The van der Waals surface area contributed by atoms with Gasteiger partial charge in [-0.1, -0.05) is 23.8 Å². The van der Waals surface area contributed by atoms with E-state index in [1.54, 1.807) is 12.3 Å². The highest BCUT2D eigenvalue weighted by molar-refractivity contribution is 7.90. The maximum absolute atomic E-state index is 13.1. The fourth-order valence-electron chi connectivity index (χ4n) is 4.87. The molecular weight excluding hydrogens is 454 g/mol. The molecule has 5 rings (SSSR count). The summed E-state index contributed by atoms with van der Waals surface area (Å²) in [5, 5.41) is 4.67. The number of amides is 1. The van der Waals surface area contributed by atoms with E-state index in [4.69, 9.17) is 4.74 Å². The quantitative estimate of drug-likeness (QED) is 0.527. The van der Waals surface area contributed by atoms with Crippen molar-refractivity contribution in [1.29, 1.82) is 0 Å². The smallest absolute Gasteiger partial charge is 0.240 e. The largest absolute Gasteiger partial charge is 0.472 e. The number of allylic oxidation sites excluding steroid dienone is 1. The van der Waals surface area contributed by atoms with Crippen LogP contribution in [0.2, 0.25) is 0 Å². The van der Waals surface area contributed by atoms with Gasteiger partial charge in [0.15, 0.2) is 5.78 Å². The average molecular weight is 484 g/mol. The van der Waals surface area contributed by atoms with Crippen molar-refractivity contribution in [3.63, 3.8) is 0 Å². The Bertz CT molecular complexity index is 1270. The third kappa shape index (κ3) is 4.34. The van der Waals surface area contributed by atoms with E-state index in [9.17, 15) is 18.0 Å². The van der Waals surface area contributed by atoms with Gasteiger partial charge in [-0.2, -0.15) is 0 Å². The molecule has 34 heavy (non-hydrogen) atoms. The van der Waals surface area contributed by atoms with Crippen LogP contribution in [0.5, 0.6) is 5.88 Å². The Kier molecular flexibility index (Phi) is 5.72. The molecule has 3 aliphatic rings. The lowest BCUT2D eigenvalue weighted by molar-refractivity contribution is -0.130. The molecule has 1 unspecified atom stereocenters. The maximum Gasteiger partial charge on any atom is 0.240 e. The zero-order valence-electron chi connectivity index (χ0n) is 19.1. The molecule has 2 heterocycles. The summed E-state index contributed by atoms with van der Waals surface area (Å²) in [5.41, 5.74) is 0.120. The minimum atomic E-state index is -3.67. The van der Waals surface area contributed by atoms with Crippen LogP contribution in [0.3, 0.4) is 0 Å². The summed E-state index contributed by atoms with van der Waals surface area (Å²) in [6.45, 7) is 6.27. The van der Waals surface area contributed by atoms with E-state index < -0.39 is 32.6 Å². The SMILES string of the molecule is C=C[C@@H]1C[C@]1(CC(=O)[C@@H]1CC(Oc2nccc3cc(C)ccc23)CN1)C(=O)NS(=O)(=O)C1CC1. The Morgan fingerprint density at radius 2 is 2.12 bits per heavy atom. The summed E-state index contributed by atoms with van der Waals surface area (Å²) >= 11 is 0. The first kappa shape index (κ1) is 23.0. The zero-order chi connectivity index (χ0) is 24.1. The highest BCUT2D eigenvalue weighted by atomic mass is 32.2. The summed E-state index contributed by atoms with van der Waals surface area (Å²) in [5.74, 6) is -0.371. The molecule has 1 aromatic carbocycles. The number of carbonyl (C=O) groups excluding carboxylic acids is 2. The minimum absolute atomic E-state index is 0.0219. The number of rotatable bonds is 9. The van der Waals surface area contributed by atoms with Crippen molar-refractivity contribution in [1.82, 2.24) is 15.0 Å². The van der Waals surface area contributed by atoms with Crippen molar-refractivity contribution in [2.24, 2.45) is 11.3 Å². The second-order valence-electron chi connectivity index (χ2n) is 9.80. The number of benzene rings is 1. The first-order valence-electron chi connectivity index (χ1n) is 11.7. The predicted octanol–water partition coefficient (Wildman–Crippen LogP) is 2.41. The number of carbonyl (C=O) groups is 2. The maximum atomic E-state index is 13.1. The molecule has 1 saturated heterocycles. The zero-order valence-corrected chi connectivity index (χ0v) is 19.9. The lowest BCUT2D eigenvalue weighted by atomic mass is 9.92. The topological polar surface area (TPSA) is 114 Å². The van der Waals surface area contributed by atoms with E-state index in [2.05, 4.69) is 27.7 Å². The number of nitrogens with zero attached hydrogens (tertiary/aromatic N) is 1. The number of aryl methyl sites for hydroxylation is 1. The molecule has 9 heteroatoms. The van der Waals surface area contributed by atoms with Crippen LogP contribution in [-0.2, 0) is 19.6 Å². The first-order chi connectivity index (χ1) is 16.2. The number of aromatic nitrogens is 1. The summed E-state index contributed by atoms with van der Waals surface area (Å²) < 4.78 is 32.9. The molecule has 1 amide bonds. The molecule has 1 aromatic heterocycles. The van der Waals surface area contributed by atoms with Crippen molar-refractivity contribution >= 4 is 32.5 Å². The van der Waals surface area contributed by atoms with Crippen molar-refractivity contribution < 1.29 is 22.7 Å². The first-order valence-corrected chi connectivity index (χ1v) is 13.2. The summed E-state index contributed by atoms with van der Waals surface area (Å²) in [4.78, 5) is 30.4. The number of Topliss-reactive ketones (excluding diaryl/α,β-unsaturated/α-hetero) is 1. The Labute approximate surface area is 199 Å². The second-order valence-corrected chi connectivity index (χ2v) is 11.8. The predicted molar refractivity (Wildman–Crippen MR) is 128 cm³/mol. The standard InChI is InChI=1S/C25H29N3O5S/c1-3-17-12-25(17,24(30)28-34(31,32)19-5-6-19)13-22(29)21-11-18(14-27-21)33-23-20-7-4-15(2)10-16(20)8-9-26-23/h3-4,7-10,17-19,21,27H,1,5-6,11-14H2,2H3,(H,28,30)/t17-,18?,21+,25-/m1/s1. The van der Waals surface area contributed by atoms with Gasteiger partial charge < -0.3 is 10.1 Å². The summed E-state index contributed by atoms with van der Waals surface area (Å²) in [6, 6.07) is 7.54. The van der Waals surface area contributed by atoms with E-state index in [0.29, 0.717) is 38.1 Å². The van der Waals surface area contributed by atoms with E-state index in [1.807, 2.05) is 25.1 Å². The van der Waals surface area contributed by atoms with Gasteiger partial charge in [-0.15, -0.1) is 6.58 Å². The number of hydrogen-bond donors (Lipinski definition) is 2. The lowest BCUT2D eigenvalue weighted by Crippen LogP contribution is -2.42. The Hall–Kier alpha value is -2.78. The molecule has 2 aromatic rings. The number of nitrogens with one attached hydrogen (secondary N) is 2. The van der Waals surface area contributed by atoms with Gasteiger partial charge in [-0.3, -0.25) is 14.3 Å². The van der Waals surface area contributed by atoms with E-state index >= 15 is 0 Å². The van der Waals surface area contributed by atoms with Crippen molar-refractivity contribution in [2.45, 2.75) is 56.4 Å². The average Bonchev–Trinajstić information content (AvgIpc) is 3.71. The molecule has 2 aliphatic carbocycles. The Balaban J connectivity index is 1.23. The number of hydrogen-bond acceptors (Lipinski definition) is 7. The third-order valence-corrected chi connectivity index (χ3v) is 9.02. The van der Waals surface area contributed by atoms with Gasteiger partial charge in [-0.25, -0.2) is 13.4 Å². The van der Waals surface area contributed by atoms with Gasteiger partial charge in [0.2, 0.25) is 21.8 Å². The van der Waals surface area contributed by atoms with Gasteiger partial charge >= 0.3 is 0 Å². The van der Waals surface area contributed by atoms with Gasteiger partial charge in [0, 0.05) is 31.0 Å². The van der Waals surface area contributed by atoms with Crippen molar-refractivity contribution in [3.8, 4) is 5.88 Å². The van der Waals surface area contributed by atoms with E-state index in [1.165, 1.54) is 0 Å². The summed E-state index contributed by atoms with van der Waals surface area (Å²) in [6.07, 6.45) is 5.12. The van der Waals surface area contributed by atoms with Crippen LogP contribution in [0.15, 0.2) is 43.1 Å². The molecule has 3 fully saturated rings.